The Morgan fingerprint density at radius 1 is 1.33 bits per heavy atom. The van der Waals surface area contributed by atoms with Crippen LogP contribution in [-0.2, 0) is 4.79 Å². The molecule has 1 amide bonds. The van der Waals surface area contributed by atoms with Crippen LogP contribution in [0.5, 0.6) is 5.75 Å². The molecule has 0 unspecified atom stereocenters. The Kier molecular flexibility index (Phi) is 4.63. The van der Waals surface area contributed by atoms with E-state index in [2.05, 4.69) is 5.32 Å². The highest BCUT2D eigenvalue weighted by molar-refractivity contribution is 5.77. The van der Waals surface area contributed by atoms with Crippen molar-refractivity contribution in [2.24, 2.45) is 0 Å². The maximum atomic E-state index is 13.6. The molecule has 2 rings (SSSR count). The van der Waals surface area contributed by atoms with Crippen molar-refractivity contribution in [3.05, 3.63) is 33.9 Å². The number of halogens is 2. The van der Waals surface area contributed by atoms with Gasteiger partial charge in [0.15, 0.2) is 18.2 Å². The summed E-state index contributed by atoms with van der Waals surface area (Å²) in [5.74, 6) is -3.18. The molecule has 0 radical (unpaired) electrons. The highest BCUT2D eigenvalue weighted by Gasteiger charge is 2.21. The Hall–Kier alpha value is -2.29. The largest absolute Gasteiger partial charge is 0.481 e. The molecule has 114 valence electrons. The average Bonchev–Trinajstić information content (AvgIpc) is 2.48. The van der Waals surface area contributed by atoms with Crippen molar-refractivity contribution in [1.82, 2.24) is 10.2 Å². The lowest BCUT2D eigenvalue weighted by Gasteiger charge is -2.27. The zero-order valence-corrected chi connectivity index (χ0v) is 11.0. The molecule has 0 aliphatic carbocycles. The molecule has 1 N–H and O–H groups in total. The van der Waals surface area contributed by atoms with E-state index in [9.17, 15) is 23.7 Å². The number of ether oxygens (including phenoxy) is 1. The van der Waals surface area contributed by atoms with Crippen LogP contribution in [-0.4, -0.2) is 48.5 Å². The molecule has 1 fully saturated rings. The molecule has 7 nitrogen and oxygen atoms in total. The van der Waals surface area contributed by atoms with Crippen LogP contribution in [0.2, 0.25) is 0 Å². The Labute approximate surface area is 118 Å². The van der Waals surface area contributed by atoms with Crippen LogP contribution in [0.25, 0.3) is 0 Å². The third kappa shape index (κ3) is 3.63. The summed E-state index contributed by atoms with van der Waals surface area (Å²) in [6, 6.07) is 0.998. The molecule has 1 aromatic carbocycles. The molecule has 1 aliphatic heterocycles. The lowest BCUT2D eigenvalue weighted by Crippen LogP contribution is -2.47. The van der Waals surface area contributed by atoms with Gasteiger partial charge in [0.2, 0.25) is 5.82 Å². The van der Waals surface area contributed by atoms with Gasteiger partial charge in [0.25, 0.3) is 5.91 Å². The van der Waals surface area contributed by atoms with Crippen molar-refractivity contribution >= 4 is 11.6 Å². The van der Waals surface area contributed by atoms with E-state index in [-0.39, 0.29) is 5.91 Å². The van der Waals surface area contributed by atoms with E-state index in [1.54, 1.807) is 0 Å². The zero-order chi connectivity index (χ0) is 15.4. The topological polar surface area (TPSA) is 84.7 Å². The van der Waals surface area contributed by atoms with Crippen molar-refractivity contribution < 1.29 is 23.2 Å². The number of nitro benzene ring substituents is 1. The first-order valence-corrected chi connectivity index (χ1v) is 6.24. The number of hydrogen-bond acceptors (Lipinski definition) is 5. The van der Waals surface area contributed by atoms with Crippen LogP contribution >= 0.6 is 0 Å². The number of carbonyl (C=O) groups excluding carboxylic acids is 1. The van der Waals surface area contributed by atoms with Gasteiger partial charge in [-0.1, -0.05) is 0 Å². The van der Waals surface area contributed by atoms with Gasteiger partial charge in [-0.3, -0.25) is 14.9 Å². The van der Waals surface area contributed by atoms with Crippen LogP contribution < -0.4 is 10.1 Å². The molecule has 1 saturated heterocycles. The predicted molar refractivity (Wildman–Crippen MR) is 68.0 cm³/mol. The van der Waals surface area contributed by atoms with E-state index in [0.717, 1.165) is 0 Å². The Morgan fingerprint density at radius 2 is 2.00 bits per heavy atom. The second-order valence-corrected chi connectivity index (χ2v) is 4.41. The van der Waals surface area contributed by atoms with Crippen LogP contribution in [0.15, 0.2) is 12.1 Å². The van der Waals surface area contributed by atoms with Crippen LogP contribution in [0, 0.1) is 21.7 Å². The molecule has 21 heavy (non-hydrogen) atoms. The summed E-state index contributed by atoms with van der Waals surface area (Å²) < 4.78 is 31.8. The standard InChI is InChI=1S/C12H13F2N3O4/c13-8-6-11(9(14)5-10(8)17(19)20)21-7-12(18)16-3-1-15-2-4-16/h5-6,15H,1-4,7H2. The fraction of sp³-hybridized carbons (Fsp3) is 0.417. The number of piperazine rings is 1. The van der Waals surface area contributed by atoms with E-state index in [4.69, 9.17) is 4.74 Å². The van der Waals surface area contributed by atoms with Crippen molar-refractivity contribution in [2.75, 3.05) is 32.8 Å². The first-order valence-electron chi connectivity index (χ1n) is 6.24. The number of nitro groups is 1. The molecule has 1 aliphatic rings. The van der Waals surface area contributed by atoms with Gasteiger partial charge in [-0.15, -0.1) is 0 Å². The van der Waals surface area contributed by atoms with Crippen LogP contribution in [0.1, 0.15) is 0 Å². The highest BCUT2D eigenvalue weighted by atomic mass is 19.1. The number of benzene rings is 1. The first-order chi connectivity index (χ1) is 9.99. The normalized spacial score (nSPS) is 14.9. The third-order valence-corrected chi connectivity index (χ3v) is 3.02. The lowest BCUT2D eigenvalue weighted by molar-refractivity contribution is -0.387. The number of amides is 1. The lowest BCUT2D eigenvalue weighted by atomic mass is 10.3. The van der Waals surface area contributed by atoms with Gasteiger partial charge in [0, 0.05) is 32.2 Å². The number of rotatable bonds is 4. The maximum absolute atomic E-state index is 13.6. The van der Waals surface area contributed by atoms with E-state index < -0.39 is 34.6 Å². The van der Waals surface area contributed by atoms with E-state index >= 15 is 0 Å². The minimum absolute atomic E-state index is 0.352. The Bertz CT molecular complexity index is 562. The summed E-state index contributed by atoms with van der Waals surface area (Å²) in [6.07, 6.45) is 0. The Morgan fingerprint density at radius 3 is 2.62 bits per heavy atom. The molecule has 9 heteroatoms. The highest BCUT2D eigenvalue weighted by Crippen LogP contribution is 2.26. The molecule has 1 heterocycles. The molecular weight excluding hydrogens is 288 g/mol. The number of nitrogens with one attached hydrogen (secondary N) is 1. The smallest absolute Gasteiger partial charge is 0.307 e. The minimum Gasteiger partial charge on any atom is -0.481 e. The predicted octanol–water partition coefficient (Wildman–Crippen LogP) is 0.684. The van der Waals surface area contributed by atoms with Crippen LogP contribution in [0.4, 0.5) is 14.5 Å². The van der Waals surface area contributed by atoms with Gasteiger partial charge in [-0.2, -0.15) is 4.39 Å². The Balaban J connectivity index is 2.01. The van der Waals surface area contributed by atoms with Gasteiger partial charge >= 0.3 is 5.69 Å². The molecule has 0 atom stereocenters. The molecule has 0 bridgehead atoms. The maximum Gasteiger partial charge on any atom is 0.307 e. The van der Waals surface area contributed by atoms with Gasteiger partial charge in [-0.05, 0) is 0 Å². The van der Waals surface area contributed by atoms with Gasteiger partial charge in [-0.25, -0.2) is 4.39 Å². The monoisotopic (exact) mass is 301 g/mol. The summed E-state index contributed by atoms with van der Waals surface area (Å²) >= 11 is 0. The summed E-state index contributed by atoms with van der Waals surface area (Å²) in [7, 11) is 0. The zero-order valence-electron chi connectivity index (χ0n) is 11.0. The molecule has 0 spiro atoms. The van der Waals surface area contributed by atoms with E-state index in [1.165, 1.54) is 4.90 Å². The first kappa shape index (κ1) is 15.1. The van der Waals surface area contributed by atoms with Crippen molar-refractivity contribution in [3.63, 3.8) is 0 Å². The van der Waals surface area contributed by atoms with E-state index in [1.807, 2.05) is 0 Å². The fourth-order valence-electron chi connectivity index (χ4n) is 1.91. The van der Waals surface area contributed by atoms with Gasteiger partial charge in [0.05, 0.1) is 11.0 Å². The summed E-state index contributed by atoms with van der Waals surface area (Å²) in [5, 5.41) is 13.5. The molecule has 1 aromatic rings. The minimum atomic E-state index is -1.22. The van der Waals surface area contributed by atoms with Crippen LogP contribution in [0.3, 0.4) is 0 Å². The van der Waals surface area contributed by atoms with E-state index in [0.29, 0.717) is 38.3 Å². The molecule has 0 saturated carbocycles. The number of nitrogens with zero attached hydrogens (tertiary/aromatic N) is 2. The van der Waals surface area contributed by atoms with Crippen molar-refractivity contribution in [3.8, 4) is 5.75 Å². The second-order valence-electron chi connectivity index (χ2n) is 4.41. The molecule has 0 aromatic heterocycles. The van der Waals surface area contributed by atoms with Crippen molar-refractivity contribution in [1.29, 1.82) is 0 Å². The second kappa shape index (κ2) is 6.44. The SMILES string of the molecule is O=C(COc1cc(F)c([N+](=O)[O-])cc1F)N1CCNCC1. The number of carbonyl (C=O) groups is 1. The summed E-state index contributed by atoms with van der Waals surface area (Å²) in [4.78, 5) is 22.7. The average molecular weight is 301 g/mol. The summed E-state index contributed by atoms with van der Waals surface area (Å²) in [5.41, 5.74) is -0.978. The van der Waals surface area contributed by atoms with Crippen molar-refractivity contribution in [2.45, 2.75) is 0 Å². The number of hydrogen-bond donors (Lipinski definition) is 1. The van der Waals surface area contributed by atoms with Gasteiger partial charge in [0.1, 0.15) is 0 Å². The summed E-state index contributed by atoms with van der Waals surface area (Å²) in [6.45, 7) is 1.89. The fourth-order valence-corrected chi connectivity index (χ4v) is 1.91. The quantitative estimate of drug-likeness (QED) is 0.653. The molecular formula is C12H13F2N3O4. The third-order valence-electron chi connectivity index (χ3n) is 3.02. The van der Waals surface area contributed by atoms with Gasteiger partial charge < -0.3 is 15.0 Å².